The summed E-state index contributed by atoms with van der Waals surface area (Å²) < 4.78 is 0. The smallest absolute Gasteiger partial charge is 0.271 e. The second-order valence-electron chi connectivity index (χ2n) is 9.26. The number of aromatic nitrogens is 2. The van der Waals surface area contributed by atoms with Gasteiger partial charge in [0.05, 0.1) is 12.2 Å². The highest BCUT2D eigenvalue weighted by Gasteiger charge is 2.17. The number of hydrogen-bond donors (Lipinski definition) is 3. The normalized spacial score (nSPS) is 13.2. The SMILES string of the molecule is Cc1nc(C(N)=O)c(Nc2cccc(CCNC(=O)CN(C)C(=O)/C=C/CN3CCC3)c2)nc1N(C)C. The number of hydrogen-bond acceptors (Lipinski definition) is 8. The zero-order chi connectivity index (χ0) is 26.9. The van der Waals surface area contributed by atoms with Crippen LogP contribution in [0.3, 0.4) is 0 Å². The lowest BCUT2D eigenvalue weighted by Gasteiger charge is -2.29. The van der Waals surface area contributed by atoms with Gasteiger partial charge in [0.1, 0.15) is 0 Å². The average Bonchev–Trinajstić information content (AvgIpc) is 2.81. The summed E-state index contributed by atoms with van der Waals surface area (Å²) in [7, 11) is 5.30. The zero-order valence-electron chi connectivity index (χ0n) is 22.0. The highest BCUT2D eigenvalue weighted by molar-refractivity contribution is 5.96. The van der Waals surface area contributed by atoms with E-state index >= 15 is 0 Å². The fourth-order valence-electron chi connectivity index (χ4n) is 3.82. The number of likely N-dealkylation sites (tertiary alicyclic amines) is 1. The highest BCUT2D eigenvalue weighted by atomic mass is 16.2. The zero-order valence-corrected chi connectivity index (χ0v) is 22.0. The van der Waals surface area contributed by atoms with Gasteiger partial charge in [0.25, 0.3) is 5.91 Å². The van der Waals surface area contributed by atoms with Crippen LogP contribution in [0.4, 0.5) is 17.3 Å². The van der Waals surface area contributed by atoms with E-state index in [4.69, 9.17) is 5.73 Å². The minimum atomic E-state index is -0.669. The first kappa shape index (κ1) is 27.6. The number of aryl methyl sites for hydroxylation is 1. The molecule has 4 N–H and O–H groups in total. The molecule has 2 heterocycles. The monoisotopic (exact) mass is 508 g/mol. The Morgan fingerprint density at radius 2 is 1.92 bits per heavy atom. The summed E-state index contributed by atoms with van der Waals surface area (Å²) in [5, 5.41) is 6.00. The largest absolute Gasteiger partial charge is 0.364 e. The van der Waals surface area contributed by atoms with Gasteiger partial charge < -0.3 is 26.2 Å². The van der Waals surface area contributed by atoms with Gasteiger partial charge in [0.15, 0.2) is 17.3 Å². The quantitative estimate of drug-likeness (QED) is 0.362. The number of nitrogens with one attached hydrogen (secondary N) is 2. The summed E-state index contributed by atoms with van der Waals surface area (Å²) in [6, 6.07) is 7.57. The van der Waals surface area contributed by atoms with Crippen molar-refractivity contribution < 1.29 is 14.4 Å². The van der Waals surface area contributed by atoms with Crippen molar-refractivity contribution in [2.24, 2.45) is 5.73 Å². The van der Waals surface area contributed by atoms with E-state index in [0.29, 0.717) is 30.2 Å². The molecule has 0 radical (unpaired) electrons. The molecule has 1 saturated heterocycles. The van der Waals surface area contributed by atoms with Crippen LogP contribution in [-0.4, -0.2) is 91.4 Å². The van der Waals surface area contributed by atoms with Crippen LogP contribution < -0.4 is 21.3 Å². The van der Waals surface area contributed by atoms with Gasteiger partial charge in [-0.05, 0) is 50.6 Å². The van der Waals surface area contributed by atoms with Crippen LogP contribution >= 0.6 is 0 Å². The van der Waals surface area contributed by atoms with E-state index in [2.05, 4.69) is 25.5 Å². The molecule has 0 saturated carbocycles. The molecule has 3 rings (SSSR count). The van der Waals surface area contributed by atoms with E-state index in [1.54, 1.807) is 14.0 Å². The number of primary amides is 1. The number of benzene rings is 1. The van der Waals surface area contributed by atoms with Crippen LogP contribution in [0.15, 0.2) is 36.4 Å². The van der Waals surface area contributed by atoms with E-state index < -0.39 is 5.91 Å². The Kier molecular flexibility index (Phi) is 9.56. The van der Waals surface area contributed by atoms with Crippen LogP contribution in [0, 0.1) is 6.92 Å². The molecule has 0 spiro atoms. The molecule has 198 valence electrons. The third-order valence-corrected chi connectivity index (χ3v) is 5.96. The molecule has 1 aromatic carbocycles. The minimum Gasteiger partial charge on any atom is -0.364 e. The molecule has 1 aliphatic heterocycles. The molecular weight excluding hydrogens is 472 g/mol. The Hall–Kier alpha value is -3.99. The summed E-state index contributed by atoms with van der Waals surface area (Å²) in [6.45, 7) is 5.08. The van der Waals surface area contributed by atoms with E-state index in [1.165, 1.54) is 17.4 Å². The van der Waals surface area contributed by atoms with Crippen molar-refractivity contribution in [2.45, 2.75) is 19.8 Å². The fourth-order valence-corrected chi connectivity index (χ4v) is 3.82. The van der Waals surface area contributed by atoms with E-state index in [0.717, 1.165) is 25.2 Å². The minimum absolute atomic E-state index is 0.00925. The number of likely N-dealkylation sites (N-methyl/N-ethyl adjacent to an activating group) is 1. The van der Waals surface area contributed by atoms with Gasteiger partial charge in [0, 0.05) is 46.0 Å². The number of amides is 3. The molecule has 37 heavy (non-hydrogen) atoms. The summed E-state index contributed by atoms with van der Waals surface area (Å²) in [5.41, 5.74) is 7.87. The lowest BCUT2D eigenvalue weighted by Crippen LogP contribution is -2.39. The fraction of sp³-hybridized carbons (Fsp3) is 0.423. The Balaban J connectivity index is 1.52. The van der Waals surface area contributed by atoms with Gasteiger partial charge in [-0.2, -0.15) is 0 Å². The molecule has 11 heteroatoms. The van der Waals surface area contributed by atoms with Crippen molar-refractivity contribution in [1.29, 1.82) is 0 Å². The van der Waals surface area contributed by atoms with Crippen LogP contribution in [0.2, 0.25) is 0 Å². The molecule has 0 atom stereocenters. The highest BCUT2D eigenvalue weighted by Crippen LogP contribution is 2.23. The summed E-state index contributed by atoms with van der Waals surface area (Å²) in [5.74, 6) is -0.183. The number of rotatable bonds is 12. The van der Waals surface area contributed by atoms with Crippen LogP contribution in [0.25, 0.3) is 0 Å². The third kappa shape index (κ3) is 8.01. The van der Waals surface area contributed by atoms with Gasteiger partial charge in [-0.15, -0.1) is 0 Å². The maximum atomic E-state index is 12.3. The molecule has 0 bridgehead atoms. The molecule has 2 aromatic rings. The Morgan fingerprint density at radius 3 is 2.57 bits per heavy atom. The van der Waals surface area contributed by atoms with Gasteiger partial charge in [-0.3, -0.25) is 19.3 Å². The van der Waals surface area contributed by atoms with Crippen LogP contribution in [0.5, 0.6) is 0 Å². The standard InChI is InChI=1S/C26H36N8O3/c1-18-26(32(2)3)31-25(23(29-18)24(27)37)30-20-9-5-8-19(16-20)11-12-28-21(35)17-33(4)22(36)10-6-13-34-14-7-15-34/h5-6,8-10,16H,7,11-15,17H2,1-4H3,(H2,27,37)(H,28,35)(H,30,31)/b10-6+. The number of anilines is 3. The van der Waals surface area contributed by atoms with E-state index in [1.807, 2.05) is 49.3 Å². The second-order valence-corrected chi connectivity index (χ2v) is 9.26. The average molecular weight is 509 g/mol. The van der Waals surface area contributed by atoms with E-state index in [9.17, 15) is 14.4 Å². The second kappa shape index (κ2) is 12.8. The van der Waals surface area contributed by atoms with Crippen LogP contribution in [0.1, 0.15) is 28.2 Å². The molecule has 0 aliphatic carbocycles. The first-order valence-corrected chi connectivity index (χ1v) is 12.3. The Bertz CT molecular complexity index is 1160. The maximum absolute atomic E-state index is 12.3. The third-order valence-electron chi connectivity index (χ3n) is 5.96. The number of nitrogens with zero attached hydrogens (tertiary/aromatic N) is 5. The molecule has 0 unspecified atom stereocenters. The number of nitrogens with two attached hydrogens (primary N) is 1. The lowest BCUT2D eigenvalue weighted by molar-refractivity contribution is -0.131. The number of carbonyl (C=O) groups excluding carboxylic acids is 3. The number of carbonyl (C=O) groups is 3. The van der Waals surface area contributed by atoms with Crippen molar-refractivity contribution in [1.82, 2.24) is 25.1 Å². The van der Waals surface area contributed by atoms with Gasteiger partial charge in [-0.1, -0.05) is 18.2 Å². The van der Waals surface area contributed by atoms with Crippen molar-refractivity contribution in [3.63, 3.8) is 0 Å². The van der Waals surface area contributed by atoms with Gasteiger partial charge in [-0.25, -0.2) is 9.97 Å². The Morgan fingerprint density at radius 1 is 1.16 bits per heavy atom. The van der Waals surface area contributed by atoms with Crippen molar-refractivity contribution in [3.8, 4) is 0 Å². The molecule has 1 aromatic heterocycles. The maximum Gasteiger partial charge on any atom is 0.271 e. The van der Waals surface area contributed by atoms with Crippen LogP contribution in [-0.2, 0) is 16.0 Å². The predicted octanol–water partition coefficient (Wildman–Crippen LogP) is 1.07. The predicted molar refractivity (Wildman–Crippen MR) is 144 cm³/mol. The molecule has 11 nitrogen and oxygen atoms in total. The summed E-state index contributed by atoms with van der Waals surface area (Å²) in [4.78, 5) is 50.7. The topological polar surface area (TPSA) is 137 Å². The molecule has 1 aliphatic rings. The first-order chi connectivity index (χ1) is 17.6. The first-order valence-electron chi connectivity index (χ1n) is 12.3. The van der Waals surface area contributed by atoms with E-state index in [-0.39, 0.29) is 29.9 Å². The van der Waals surface area contributed by atoms with Crippen molar-refractivity contribution in [3.05, 3.63) is 53.4 Å². The van der Waals surface area contributed by atoms with Crippen molar-refractivity contribution in [2.75, 3.05) is 64.1 Å². The molecular formula is C26H36N8O3. The molecule has 1 fully saturated rings. The van der Waals surface area contributed by atoms with Crippen molar-refractivity contribution >= 4 is 35.0 Å². The lowest BCUT2D eigenvalue weighted by atomic mass is 10.1. The Labute approximate surface area is 217 Å². The van der Waals surface area contributed by atoms with Gasteiger partial charge >= 0.3 is 0 Å². The molecule has 3 amide bonds. The van der Waals surface area contributed by atoms with Gasteiger partial charge in [0.2, 0.25) is 11.8 Å². The summed E-state index contributed by atoms with van der Waals surface area (Å²) >= 11 is 0. The summed E-state index contributed by atoms with van der Waals surface area (Å²) in [6.07, 6.45) is 5.15.